The van der Waals surface area contributed by atoms with E-state index in [0.29, 0.717) is 23.6 Å². The van der Waals surface area contributed by atoms with Gasteiger partial charge in [-0.1, -0.05) is 0 Å². The molecule has 0 aromatic carbocycles. The molecule has 110 valence electrons. The lowest BCUT2D eigenvalue weighted by Crippen LogP contribution is -2.43. The number of nitrogens with zero attached hydrogens (tertiary/aromatic N) is 1. The summed E-state index contributed by atoms with van der Waals surface area (Å²) in [6.45, 7) is 0.712. The second kappa shape index (κ2) is 6.74. The lowest BCUT2D eigenvalue weighted by molar-refractivity contribution is -0.137. The highest BCUT2D eigenvalue weighted by molar-refractivity contribution is 7.12. The van der Waals surface area contributed by atoms with Crippen LogP contribution in [0.4, 0.5) is 0 Å². The first-order valence-electron chi connectivity index (χ1n) is 6.77. The largest absolute Gasteiger partial charge is 0.496 e. The molecule has 1 N–H and O–H groups in total. The minimum Gasteiger partial charge on any atom is -0.496 e. The molecule has 5 nitrogen and oxygen atoms in total. The standard InChI is InChI=1S/C14H19NO4S/c1-19-11-8-12(20-9-11)14(18)15-7-3-2-4-10(15)5-6-13(16)17/h8-10H,2-7H2,1H3,(H,16,17)/t10-/m0/s1. The van der Waals surface area contributed by atoms with Crippen LogP contribution in [0.1, 0.15) is 41.8 Å². The molecule has 20 heavy (non-hydrogen) atoms. The molecule has 0 saturated carbocycles. The summed E-state index contributed by atoms with van der Waals surface area (Å²) < 4.78 is 5.10. The van der Waals surface area contributed by atoms with E-state index in [0.717, 1.165) is 19.3 Å². The number of likely N-dealkylation sites (tertiary alicyclic amines) is 1. The third-order valence-electron chi connectivity index (χ3n) is 3.60. The quantitative estimate of drug-likeness (QED) is 0.907. The summed E-state index contributed by atoms with van der Waals surface area (Å²) in [5.74, 6) is -0.119. The van der Waals surface area contributed by atoms with Gasteiger partial charge in [-0.2, -0.15) is 0 Å². The van der Waals surface area contributed by atoms with E-state index in [-0.39, 0.29) is 18.4 Å². The molecule has 1 atom stereocenters. The Labute approximate surface area is 122 Å². The number of hydrogen-bond donors (Lipinski definition) is 1. The molecule has 6 heteroatoms. The second-order valence-corrected chi connectivity index (χ2v) is 5.84. The van der Waals surface area contributed by atoms with Crippen LogP contribution in [0.2, 0.25) is 0 Å². The van der Waals surface area contributed by atoms with Crippen molar-refractivity contribution in [3.05, 3.63) is 16.3 Å². The van der Waals surface area contributed by atoms with E-state index in [1.807, 2.05) is 10.3 Å². The van der Waals surface area contributed by atoms with E-state index in [1.54, 1.807) is 13.2 Å². The third-order valence-corrected chi connectivity index (χ3v) is 4.50. The molecule has 1 aromatic rings. The topological polar surface area (TPSA) is 66.8 Å². The molecular formula is C14H19NO4S. The molecule has 2 heterocycles. The van der Waals surface area contributed by atoms with Gasteiger partial charge in [0.05, 0.1) is 12.0 Å². The first-order chi connectivity index (χ1) is 9.61. The Bertz CT molecular complexity index is 485. The Kier molecular flexibility index (Phi) is 5.00. The van der Waals surface area contributed by atoms with Crippen molar-refractivity contribution in [2.45, 2.75) is 38.1 Å². The van der Waals surface area contributed by atoms with Crippen LogP contribution in [-0.2, 0) is 4.79 Å². The van der Waals surface area contributed by atoms with E-state index in [4.69, 9.17) is 9.84 Å². The number of carboxylic acid groups (broad SMARTS) is 1. The fourth-order valence-electron chi connectivity index (χ4n) is 2.54. The summed E-state index contributed by atoms with van der Waals surface area (Å²) in [6.07, 6.45) is 3.58. The fourth-order valence-corrected chi connectivity index (χ4v) is 3.35. The van der Waals surface area contributed by atoms with Gasteiger partial charge in [0.25, 0.3) is 5.91 Å². The second-order valence-electron chi connectivity index (χ2n) is 4.93. The van der Waals surface area contributed by atoms with Crippen LogP contribution in [0.3, 0.4) is 0 Å². The van der Waals surface area contributed by atoms with Crippen LogP contribution in [0.25, 0.3) is 0 Å². The van der Waals surface area contributed by atoms with Crippen molar-refractivity contribution < 1.29 is 19.4 Å². The van der Waals surface area contributed by atoms with Crippen LogP contribution in [-0.4, -0.2) is 41.6 Å². The number of carboxylic acids is 1. The highest BCUT2D eigenvalue weighted by Gasteiger charge is 2.28. The van der Waals surface area contributed by atoms with Crippen molar-refractivity contribution in [2.75, 3.05) is 13.7 Å². The first kappa shape index (κ1) is 14.8. The monoisotopic (exact) mass is 297 g/mol. The molecule has 2 rings (SSSR count). The smallest absolute Gasteiger partial charge is 0.303 e. The van der Waals surface area contributed by atoms with Gasteiger partial charge in [0.1, 0.15) is 5.75 Å². The lowest BCUT2D eigenvalue weighted by Gasteiger charge is -2.35. The summed E-state index contributed by atoms with van der Waals surface area (Å²) in [5.41, 5.74) is 0. The number of rotatable bonds is 5. The van der Waals surface area contributed by atoms with E-state index in [1.165, 1.54) is 11.3 Å². The zero-order chi connectivity index (χ0) is 14.5. The van der Waals surface area contributed by atoms with Crippen molar-refractivity contribution in [3.8, 4) is 5.75 Å². The Morgan fingerprint density at radius 2 is 2.30 bits per heavy atom. The first-order valence-corrected chi connectivity index (χ1v) is 7.65. The summed E-state index contributed by atoms with van der Waals surface area (Å²) in [5, 5.41) is 10.6. The Morgan fingerprint density at radius 1 is 1.50 bits per heavy atom. The summed E-state index contributed by atoms with van der Waals surface area (Å²) in [7, 11) is 1.58. The molecular weight excluding hydrogens is 278 g/mol. The maximum Gasteiger partial charge on any atom is 0.303 e. The van der Waals surface area contributed by atoms with Gasteiger partial charge in [0.2, 0.25) is 0 Å². The van der Waals surface area contributed by atoms with Crippen LogP contribution in [0.15, 0.2) is 11.4 Å². The van der Waals surface area contributed by atoms with E-state index in [2.05, 4.69) is 0 Å². The molecule has 0 aliphatic carbocycles. The van der Waals surface area contributed by atoms with Crippen LogP contribution >= 0.6 is 11.3 Å². The van der Waals surface area contributed by atoms with Gasteiger partial charge in [-0.05, 0) is 25.7 Å². The van der Waals surface area contributed by atoms with E-state index >= 15 is 0 Å². The zero-order valence-corrected chi connectivity index (χ0v) is 12.3. The maximum atomic E-state index is 12.5. The highest BCUT2D eigenvalue weighted by atomic mass is 32.1. The molecule has 1 amide bonds. The Morgan fingerprint density at radius 3 is 2.95 bits per heavy atom. The van der Waals surface area contributed by atoms with Crippen molar-refractivity contribution in [1.29, 1.82) is 0 Å². The summed E-state index contributed by atoms with van der Waals surface area (Å²) in [4.78, 5) is 25.7. The van der Waals surface area contributed by atoms with Crippen LogP contribution < -0.4 is 4.74 Å². The number of carbonyl (C=O) groups excluding carboxylic acids is 1. The Balaban J connectivity index is 2.06. The molecule has 0 spiro atoms. The molecule has 1 aliphatic heterocycles. The average Bonchev–Trinajstić information content (AvgIpc) is 2.93. The number of methoxy groups -OCH3 is 1. The number of ether oxygens (including phenoxy) is 1. The predicted octanol–water partition coefficient (Wildman–Crippen LogP) is 2.62. The number of aliphatic carboxylic acids is 1. The van der Waals surface area contributed by atoms with E-state index in [9.17, 15) is 9.59 Å². The molecule has 1 fully saturated rings. The predicted molar refractivity (Wildman–Crippen MR) is 76.4 cm³/mol. The number of piperidine rings is 1. The molecule has 0 unspecified atom stereocenters. The van der Waals surface area contributed by atoms with Crippen LogP contribution in [0, 0.1) is 0 Å². The SMILES string of the molecule is COc1csc(C(=O)N2CCCC[C@H]2CCC(=O)O)c1. The zero-order valence-electron chi connectivity index (χ0n) is 11.5. The lowest BCUT2D eigenvalue weighted by atomic mass is 9.97. The molecule has 0 radical (unpaired) electrons. The van der Waals surface area contributed by atoms with Gasteiger partial charge in [-0.3, -0.25) is 9.59 Å². The number of carbonyl (C=O) groups is 2. The van der Waals surface area contributed by atoms with Crippen molar-refractivity contribution >= 4 is 23.2 Å². The minimum absolute atomic E-state index is 0.00612. The number of hydrogen-bond acceptors (Lipinski definition) is 4. The van der Waals surface area contributed by atoms with Gasteiger partial charge in [0, 0.05) is 30.5 Å². The van der Waals surface area contributed by atoms with Gasteiger partial charge in [-0.25, -0.2) is 0 Å². The summed E-state index contributed by atoms with van der Waals surface area (Å²) >= 11 is 1.37. The normalized spacial score (nSPS) is 18.9. The van der Waals surface area contributed by atoms with Crippen LogP contribution in [0.5, 0.6) is 5.75 Å². The van der Waals surface area contributed by atoms with Gasteiger partial charge < -0.3 is 14.7 Å². The molecule has 1 aromatic heterocycles. The highest BCUT2D eigenvalue weighted by Crippen LogP contribution is 2.27. The van der Waals surface area contributed by atoms with Crippen molar-refractivity contribution in [2.24, 2.45) is 0 Å². The Hall–Kier alpha value is -1.56. The van der Waals surface area contributed by atoms with Crippen molar-refractivity contribution in [1.82, 2.24) is 4.90 Å². The van der Waals surface area contributed by atoms with Gasteiger partial charge in [-0.15, -0.1) is 11.3 Å². The average molecular weight is 297 g/mol. The van der Waals surface area contributed by atoms with Crippen molar-refractivity contribution in [3.63, 3.8) is 0 Å². The molecule has 1 aliphatic rings. The molecule has 0 bridgehead atoms. The van der Waals surface area contributed by atoms with Gasteiger partial charge in [0.15, 0.2) is 0 Å². The maximum absolute atomic E-state index is 12.5. The van der Waals surface area contributed by atoms with Gasteiger partial charge >= 0.3 is 5.97 Å². The number of thiophene rings is 1. The third kappa shape index (κ3) is 3.50. The van der Waals surface area contributed by atoms with E-state index < -0.39 is 5.97 Å². The minimum atomic E-state index is -0.805. The molecule has 1 saturated heterocycles. The fraction of sp³-hybridized carbons (Fsp3) is 0.571. The summed E-state index contributed by atoms with van der Waals surface area (Å²) in [6, 6.07) is 1.79. The number of amides is 1.